The predicted octanol–water partition coefficient (Wildman–Crippen LogP) is 25.3. The molecule has 4 aromatic heterocycles. The summed E-state index contributed by atoms with van der Waals surface area (Å²) in [4.78, 5) is 30.2. The maximum Gasteiger partial charge on any atom is 0.164 e. The highest BCUT2D eigenvalue weighted by molar-refractivity contribution is 7.26. The van der Waals surface area contributed by atoms with Gasteiger partial charge in [0.2, 0.25) is 0 Å². The average Bonchev–Trinajstić information content (AvgIpc) is 1.56. The van der Waals surface area contributed by atoms with Crippen LogP contribution in [-0.4, -0.2) is 29.9 Å². The van der Waals surface area contributed by atoms with Crippen molar-refractivity contribution in [2.24, 2.45) is 0 Å². The van der Waals surface area contributed by atoms with E-state index >= 15 is 0 Å². The van der Waals surface area contributed by atoms with Gasteiger partial charge in [-0.3, -0.25) is 0 Å². The molecule has 20 aromatic rings. The van der Waals surface area contributed by atoms with Crippen LogP contribution in [0, 0.1) is 0 Å². The van der Waals surface area contributed by atoms with E-state index in [1.807, 2.05) is 121 Å². The Morgan fingerprint density at radius 1 is 0.206 bits per heavy atom. The Hall–Kier alpha value is -13.4. The predicted molar refractivity (Wildman–Crippen MR) is 424 cm³/mol. The number of hydrogen-bond donors (Lipinski definition) is 0. The minimum atomic E-state index is 0.601. The summed E-state index contributed by atoms with van der Waals surface area (Å²) < 4.78 is 9.14. The lowest BCUT2D eigenvalue weighted by atomic mass is 9.92. The van der Waals surface area contributed by atoms with Crippen molar-refractivity contribution in [1.29, 1.82) is 0 Å². The molecule has 7 nitrogen and oxygen atoms in total. The third-order valence-corrected chi connectivity index (χ3v) is 20.7. The molecule has 0 bridgehead atoms. The molecule has 0 spiro atoms. The third-order valence-electron chi connectivity index (χ3n) is 19.5. The molecule has 0 amide bonds. The van der Waals surface area contributed by atoms with Crippen molar-refractivity contribution < 1.29 is 4.42 Å². The van der Waals surface area contributed by atoms with Crippen LogP contribution < -0.4 is 0 Å². The number of hydrogen-bond acceptors (Lipinski definition) is 8. The van der Waals surface area contributed by atoms with E-state index in [0.29, 0.717) is 34.9 Å². The number of fused-ring (bicyclic) bond motifs is 12. The van der Waals surface area contributed by atoms with Crippen molar-refractivity contribution in [2.45, 2.75) is 0 Å². The summed E-state index contributed by atoms with van der Waals surface area (Å²) in [5.74, 6) is 3.84. The Bertz CT molecular complexity index is 6080. The van der Waals surface area contributed by atoms with E-state index in [2.05, 4.69) is 243 Å². The minimum Gasteiger partial charge on any atom is -0.455 e. The van der Waals surface area contributed by atoms with Crippen molar-refractivity contribution in [1.82, 2.24) is 29.9 Å². The average molecular weight is 1320 g/mol. The number of furan rings is 1. The van der Waals surface area contributed by atoms with Crippen LogP contribution in [-0.2, 0) is 0 Å². The molecule has 0 N–H and O–H groups in total. The highest BCUT2D eigenvalue weighted by atomic mass is 32.1. The lowest BCUT2D eigenvalue weighted by Gasteiger charge is -2.13. The first-order valence-corrected chi connectivity index (χ1v) is 35.0. The molecule has 102 heavy (non-hydrogen) atoms. The van der Waals surface area contributed by atoms with Crippen molar-refractivity contribution in [3.8, 4) is 113 Å². The van der Waals surface area contributed by atoms with Crippen molar-refractivity contribution >= 4 is 96.5 Å². The number of rotatable bonds is 10. The van der Waals surface area contributed by atoms with Crippen molar-refractivity contribution in [3.63, 3.8) is 0 Å². The summed E-state index contributed by atoms with van der Waals surface area (Å²) in [6.07, 6.45) is 0. The monoisotopic (exact) mass is 1320 g/mol. The Kier molecular flexibility index (Phi) is 14.9. The number of nitrogens with zero attached hydrogens (tertiary/aromatic N) is 6. The lowest BCUT2D eigenvalue weighted by molar-refractivity contribution is 0.670. The fourth-order valence-corrected chi connectivity index (χ4v) is 15.9. The second-order valence-electron chi connectivity index (χ2n) is 25.5. The largest absolute Gasteiger partial charge is 0.455 e. The molecule has 0 fully saturated rings. The molecule has 0 aliphatic rings. The fraction of sp³-hybridized carbons (Fsp3) is 0. The molecule has 476 valence electrons. The van der Waals surface area contributed by atoms with E-state index in [1.54, 1.807) is 0 Å². The van der Waals surface area contributed by atoms with Gasteiger partial charge in [0.1, 0.15) is 11.2 Å². The van der Waals surface area contributed by atoms with Gasteiger partial charge < -0.3 is 4.42 Å². The van der Waals surface area contributed by atoms with Crippen molar-refractivity contribution in [2.75, 3.05) is 0 Å². The highest BCUT2D eigenvalue weighted by Gasteiger charge is 2.24. The Morgan fingerprint density at radius 3 is 0.990 bits per heavy atom. The molecule has 0 saturated carbocycles. The Morgan fingerprint density at radius 2 is 0.529 bits per heavy atom. The first-order chi connectivity index (χ1) is 50.6. The zero-order valence-corrected chi connectivity index (χ0v) is 55.8. The van der Waals surface area contributed by atoms with Crippen LogP contribution in [0.4, 0.5) is 0 Å². The van der Waals surface area contributed by atoms with Gasteiger partial charge >= 0.3 is 0 Å². The van der Waals surface area contributed by atoms with Gasteiger partial charge in [-0.25, -0.2) is 29.9 Å². The third kappa shape index (κ3) is 10.8. The summed E-state index contributed by atoms with van der Waals surface area (Å²) in [6, 6.07) is 123. The van der Waals surface area contributed by atoms with Crippen LogP contribution >= 0.6 is 11.3 Å². The number of benzene rings is 16. The minimum absolute atomic E-state index is 0.601. The molecule has 20 rings (SSSR count). The normalized spacial score (nSPS) is 11.5. The van der Waals surface area contributed by atoms with Crippen LogP contribution in [0.5, 0.6) is 0 Å². The van der Waals surface area contributed by atoms with Crippen LogP contribution in [0.25, 0.3) is 198 Å². The maximum absolute atomic E-state index is 6.68. The fourth-order valence-electron chi connectivity index (χ4n) is 14.6. The van der Waals surface area contributed by atoms with Gasteiger partial charge in [-0.1, -0.05) is 309 Å². The van der Waals surface area contributed by atoms with Gasteiger partial charge in [0.05, 0.1) is 0 Å². The molecule has 0 atom stereocenters. The smallest absolute Gasteiger partial charge is 0.164 e. The summed E-state index contributed by atoms with van der Waals surface area (Å²) in [7, 11) is 0. The van der Waals surface area contributed by atoms with Crippen LogP contribution in [0.1, 0.15) is 0 Å². The van der Waals surface area contributed by atoms with Crippen LogP contribution in [0.15, 0.2) is 356 Å². The van der Waals surface area contributed by atoms with E-state index in [4.69, 9.17) is 34.3 Å². The van der Waals surface area contributed by atoms with Gasteiger partial charge in [0.15, 0.2) is 34.9 Å². The standard InChI is InChI=1S/C47H29N3O.C47H29N3S/c2*1-3-13-32(14-4-1)45-48-46(33-15-5-2-6-16-33)50-47(49-45)40-28-27-36(44-43(40)39-21-11-12-22-42(39)51-44)30-23-25-31(26-24-30)41-29-34-17-7-8-18-35(34)37-19-9-10-20-38(37)41/h2*1-29H. The van der Waals surface area contributed by atoms with E-state index < -0.39 is 0 Å². The molecule has 0 aliphatic heterocycles. The quantitative estimate of drug-likeness (QED) is 0.126. The van der Waals surface area contributed by atoms with Gasteiger partial charge in [-0.15, -0.1) is 11.3 Å². The van der Waals surface area contributed by atoms with Gasteiger partial charge in [0.25, 0.3) is 0 Å². The zero-order chi connectivity index (χ0) is 67.5. The summed E-state index contributed by atoms with van der Waals surface area (Å²) in [5.41, 5.74) is 16.6. The lowest BCUT2D eigenvalue weighted by Crippen LogP contribution is -2.00. The van der Waals surface area contributed by atoms with Crippen LogP contribution in [0.3, 0.4) is 0 Å². The van der Waals surface area contributed by atoms with Gasteiger partial charge in [0, 0.05) is 69.9 Å². The number of thiophene rings is 1. The molecule has 0 saturated heterocycles. The summed E-state index contributed by atoms with van der Waals surface area (Å²) in [6.45, 7) is 0. The van der Waals surface area contributed by atoms with Crippen molar-refractivity contribution in [3.05, 3.63) is 352 Å². The molecule has 16 aromatic carbocycles. The Labute approximate surface area is 591 Å². The van der Waals surface area contributed by atoms with Crippen LogP contribution in [0.2, 0.25) is 0 Å². The maximum atomic E-state index is 6.68. The first-order valence-electron chi connectivity index (χ1n) is 34.2. The summed E-state index contributed by atoms with van der Waals surface area (Å²) >= 11 is 1.83. The topological polar surface area (TPSA) is 90.5 Å². The van der Waals surface area contributed by atoms with E-state index in [9.17, 15) is 0 Å². The molecule has 0 aliphatic carbocycles. The van der Waals surface area contributed by atoms with E-state index in [0.717, 1.165) is 66.4 Å². The van der Waals surface area contributed by atoms with Gasteiger partial charge in [-0.05, 0) is 124 Å². The highest BCUT2D eigenvalue weighted by Crippen LogP contribution is 2.47. The van der Waals surface area contributed by atoms with E-state index in [-0.39, 0.29) is 0 Å². The van der Waals surface area contributed by atoms with E-state index in [1.165, 1.54) is 96.6 Å². The molecule has 4 heterocycles. The molecular formula is C94H58N6OS. The molecule has 0 unspecified atom stereocenters. The molecule has 0 radical (unpaired) electrons. The SMILES string of the molecule is c1ccc(-c2nc(-c3ccccc3)nc(-c3ccc(-c4ccc(-c5cc6ccccc6c6ccccc56)cc4)c4oc5ccccc5c34)n2)cc1.c1ccc(-c2nc(-c3ccccc3)nc(-c3ccc(-c4ccc(-c5cc6ccccc6c6ccccc56)cc4)c4sc5ccccc5c34)n2)cc1. The molecule has 8 heteroatoms. The first kappa shape index (κ1) is 59.8. The Balaban J connectivity index is 0.000000141. The number of aromatic nitrogens is 6. The second-order valence-corrected chi connectivity index (χ2v) is 26.6. The summed E-state index contributed by atoms with van der Waals surface area (Å²) in [5, 5.41) is 14.5. The number of para-hydroxylation sites is 1. The zero-order valence-electron chi connectivity index (χ0n) is 55.0. The molecular weight excluding hydrogens is 1260 g/mol. The van der Waals surface area contributed by atoms with Gasteiger partial charge in [-0.2, -0.15) is 0 Å². The second kappa shape index (κ2) is 25.5.